The Kier molecular flexibility index (Phi) is 2.80. The van der Waals surface area contributed by atoms with Crippen molar-refractivity contribution in [2.24, 2.45) is 5.92 Å². The highest BCUT2D eigenvalue weighted by Crippen LogP contribution is 2.37. The monoisotopic (exact) mass is 255 g/mol. The molecule has 1 aromatic carbocycles. The smallest absolute Gasteiger partial charge is 0.0960 e. The molecule has 3 nitrogen and oxygen atoms in total. The standard InChI is InChI=1S/C16H21N3/c1-2-13(10-17-7-1)8-12-3-6-16-15(9-12)18-11-19(16)14-4-5-14/h3,6,9,11,13-14,17H,1-2,4-5,7-8,10H2. The first-order chi connectivity index (χ1) is 9.40. The number of imidazole rings is 1. The number of rotatable bonds is 3. The predicted octanol–water partition coefficient (Wildman–Crippen LogP) is 2.91. The molecule has 1 aromatic heterocycles. The van der Waals surface area contributed by atoms with E-state index in [1.54, 1.807) is 0 Å². The van der Waals surface area contributed by atoms with E-state index >= 15 is 0 Å². The molecule has 1 aliphatic carbocycles. The summed E-state index contributed by atoms with van der Waals surface area (Å²) in [5.41, 5.74) is 3.93. The second kappa shape index (κ2) is 4.64. The molecule has 4 rings (SSSR count). The lowest BCUT2D eigenvalue weighted by atomic mass is 9.92. The number of benzene rings is 1. The van der Waals surface area contributed by atoms with E-state index in [1.165, 1.54) is 61.8 Å². The molecule has 2 heterocycles. The van der Waals surface area contributed by atoms with E-state index in [1.807, 2.05) is 6.33 Å². The van der Waals surface area contributed by atoms with E-state index < -0.39 is 0 Å². The second-order valence-corrected chi connectivity index (χ2v) is 6.12. The van der Waals surface area contributed by atoms with Crippen molar-refractivity contribution < 1.29 is 0 Å². The maximum absolute atomic E-state index is 4.58. The highest BCUT2D eigenvalue weighted by atomic mass is 15.1. The van der Waals surface area contributed by atoms with Gasteiger partial charge in [0.2, 0.25) is 0 Å². The van der Waals surface area contributed by atoms with Gasteiger partial charge in [0.15, 0.2) is 0 Å². The molecule has 0 bridgehead atoms. The van der Waals surface area contributed by atoms with Crippen LogP contribution >= 0.6 is 0 Å². The lowest BCUT2D eigenvalue weighted by molar-refractivity contribution is 0.376. The summed E-state index contributed by atoms with van der Waals surface area (Å²) in [6.07, 6.45) is 8.54. The molecular formula is C16H21N3. The Bertz CT molecular complexity index is 577. The van der Waals surface area contributed by atoms with Crippen LogP contribution < -0.4 is 5.32 Å². The van der Waals surface area contributed by atoms with Crippen LogP contribution in [0.5, 0.6) is 0 Å². The number of nitrogens with zero attached hydrogens (tertiary/aromatic N) is 2. The van der Waals surface area contributed by atoms with Crippen molar-refractivity contribution in [1.82, 2.24) is 14.9 Å². The third kappa shape index (κ3) is 2.27. The summed E-state index contributed by atoms with van der Waals surface area (Å²) in [4.78, 5) is 4.58. The van der Waals surface area contributed by atoms with Crippen LogP contribution in [-0.2, 0) is 6.42 Å². The molecule has 19 heavy (non-hydrogen) atoms. The number of fused-ring (bicyclic) bond motifs is 1. The van der Waals surface area contributed by atoms with Crippen molar-refractivity contribution in [1.29, 1.82) is 0 Å². The minimum Gasteiger partial charge on any atom is -0.327 e. The predicted molar refractivity (Wildman–Crippen MR) is 77.3 cm³/mol. The van der Waals surface area contributed by atoms with Gasteiger partial charge in [-0.25, -0.2) is 4.98 Å². The molecule has 1 saturated heterocycles. The van der Waals surface area contributed by atoms with Gasteiger partial charge in [0.05, 0.1) is 17.4 Å². The van der Waals surface area contributed by atoms with Gasteiger partial charge >= 0.3 is 0 Å². The average Bonchev–Trinajstić information content (AvgIpc) is 3.20. The van der Waals surface area contributed by atoms with Gasteiger partial charge in [-0.1, -0.05) is 6.07 Å². The highest BCUT2D eigenvalue weighted by Gasteiger charge is 2.24. The van der Waals surface area contributed by atoms with Gasteiger partial charge in [-0.3, -0.25) is 0 Å². The van der Waals surface area contributed by atoms with Crippen LogP contribution in [-0.4, -0.2) is 22.6 Å². The third-order valence-corrected chi connectivity index (χ3v) is 4.50. The lowest BCUT2D eigenvalue weighted by Gasteiger charge is -2.22. The summed E-state index contributed by atoms with van der Waals surface area (Å²) in [5.74, 6) is 0.803. The minimum atomic E-state index is 0.721. The van der Waals surface area contributed by atoms with Gasteiger partial charge in [-0.05, 0) is 68.8 Å². The zero-order valence-corrected chi connectivity index (χ0v) is 11.3. The maximum Gasteiger partial charge on any atom is 0.0960 e. The zero-order chi connectivity index (χ0) is 12.7. The molecule has 1 aliphatic heterocycles. The van der Waals surface area contributed by atoms with Gasteiger partial charge < -0.3 is 9.88 Å². The number of hydrogen-bond acceptors (Lipinski definition) is 2. The highest BCUT2D eigenvalue weighted by molar-refractivity contribution is 5.76. The van der Waals surface area contributed by atoms with Crippen molar-refractivity contribution in [3.8, 4) is 0 Å². The van der Waals surface area contributed by atoms with Crippen LogP contribution in [0.1, 0.15) is 37.3 Å². The molecule has 100 valence electrons. The average molecular weight is 255 g/mol. The summed E-state index contributed by atoms with van der Waals surface area (Å²) in [7, 11) is 0. The van der Waals surface area contributed by atoms with Gasteiger partial charge in [-0.2, -0.15) is 0 Å². The number of nitrogens with one attached hydrogen (secondary N) is 1. The van der Waals surface area contributed by atoms with Crippen molar-refractivity contribution in [3.63, 3.8) is 0 Å². The molecular weight excluding hydrogens is 234 g/mol. The fourth-order valence-electron chi connectivity index (χ4n) is 3.28. The number of aromatic nitrogens is 2. The van der Waals surface area contributed by atoms with Crippen molar-refractivity contribution >= 4 is 11.0 Å². The van der Waals surface area contributed by atoms with Gasteiger partial charge in [0.25, 0.3) is 0 Å². The summed E-state index contributed by atoms with van der Waals surface area (Å²) in [6.45, 7) is 2.37. The third-order valence-electron chi connectivity index (χ3n) is 4.50. The first-order valence-corrected chi connectivity index (χ1v) is 7.56. The molecule has 3 heteroatoms. The van der Waals surface area contributed by atoms with Crippen molar-refractivity contribution in [2.75, 3.05) is 13.1 Å². The van der Waals surface area contributed by atoms with E-state index in [9.17, 15) is 0 Å². The largest absolute Gasteiger partial charge is 0.327 e. The van der Waals surface area contributed by atoms with E-state index in [0.29, 0.717) is 0 Å². The summed E-state index contributed by atoms with van der Waals surface area (Å²) in [5, 5.41) is 3.50. The summed E-state index contributed by atoms with van der Waals surface area (Å²) < 4.78 is 2.35. The first kappa shape index (κ1) is 11.5. The molecule has 1 saturated carbocycles. The summed E-state index contributed by atoms with van der Waals surface area (Å²) >= 11 is 0. The van der Waals surface area contributed by atoms with Crippen LogP contribution in [0.15, 0.2) is 24.5 Å². The fourth-order valence-corrected chi connectivity index (χ4v) is 3.28. The minimum absolute atomic E-state index is 0.721. The molecule has 1 atom stereocenters. The van der Waals surface area contributed by atoms with Crippen LogP contribution in [0.4, 0.5) is 0 Å². The van der Waals surface area contributed by atoms with Gasteiger partial charge in [-0.15, -0.1) is 0 Å². The van der Waals surface area contributed by atoms with E-state index in [0.717, 1.165) is 12.0 Å². The van der Waals surface area contributed by atoms with Gasteiger partial charge in [0.1, 0.15) is 0 Å². The Hall–Kier alpha value is -1.35. The molecule has 1 unspecified atom stereocenters. The van der Waals surface area contributed by atoms with Crippen molar-refractivity contribution in [2.45, 2.75) is 38.1 Å². The van der Waals surface area contributed by atoms with Crippen LogP contribution in [0.2, 0.25) is 0 Å². The Balaban J connectivity index is 1.57. The lowest BCUT2D eigenvalue weighted by Crippen LogP contribution is -2.30. The second-order valence-electron chi connectivity index (χ2n) is 6.12. The summed E-state index contributed by atoms with van der Waals surface area (Å²) in [6, 6.07) is 7.59. The first-order valence-electron chi connectivity index (χ1n) is 7.56. The van der Waals surface area contributed by atoms with Crippen LogP contribution in [0, 0.1) is 5.92 Å². The topological polar surface area (TPSA) is 29.9 Å². The van der Waals surface area contributed by atoms with Crippen molar-refractivity contribution in [3.05, 3.63) is 30.1 Å². The molecule has 0 amide bonds. The van der Waals surface area contributed by atoms with Crippen LogP contribution in [0.25, 0.3) is 11.0 Å². The SMILES string of the molecule is c1cc2c(cc1CC1CCCNC1)ncn2C1CC1. The van der Waals surface area contributed by atoms with E-state index in [-0.39, 0.29) is 0 Å². The fraction of sp³-hybridized carbons (Fsp3) is 0.562. The van der Waals surface area contributed by atoms with Crippen LogP contribution in [0.3, 0.4) is 0 Å². The maximum atomic E-state index is 4.58. The Morgan fingerprint density at radius 3 is 3.00 bits per heavy atom. The number of piperidine rings is 1. The Morgan fingerprint density at radius 2 is 2.21 bits per heavy atom. The molecule has 1 N–H and O–H groups in total. The van der Waals surface area contributed by atoms with Gasteiger partial charge in [0, 0.05) is 6.04 Å². The number of hydrogen-bond donors (Lipinski definition) is 1. The quantitative estimate of drug-likeness (QED) is 0.914. The molecule has 0 radical (unpaired) electrons. The molecule has 2 fully saturated rings. The molecule has 2 aliphatic rings. The zero-order valence-electron chi connectivity index (χ0n) is 11.3. The van der Waals surface area contributed by atoms with E-state index in [2.05, 4.69) is 33.1 Å². The Morgan fingerprint density at radius 1 is 1.26 bits per heavy atom. The molecule has 0 spiro atoms. The van der Waals surface area contributed by atoms with E-state index in [4.69, 9.17) is 0 Å². The molecule has 2 aromatic rings. The Labute approximate surface area is 114 Å². The normalized spacial score (nSPS) is 23.9.